The molecule has 1 saturated heterocycles. The summed E-state index contributed by atoms with van der Waals surface area (Å²) in [6.45, 7) is 4.74. The Hall–Kier alpha value is -3.13. The number of carbonyl (C=O) groups excluding carboxylic acids is 4. The molecule has 2 aromatic rings. The molecule has 284 valence electrons. The summed E-state index contributed by atoms with van der Waals surface area (Å²) < 4.78 is 40.8. The maximum atomic E-state index is 12.8. The second-order valence-electron chi connectivity index (χ2n) is 12.1. The number of amides is 4. The van der Waals surface area contributed by atoms with Crippen LogP contribution in [0.25, 0.3) is 0 Å². The van der Waals surface area contributed by atoms with Gasteiger partial charge < -0.3 is 10.2 Å². The van der Waals surface area contributed by atoms with Gasteiger partial charge in [-0.15, -0.1) is 0 Å². The molecule has 18 heteroatoms. The standard InChI is InChI=1S/C33H45N4O8.CH4O4S.Na/c1-3-4-13-29(41)37(20-10-6-9-19-34-32(43)24-11-7-5-8-12-24)21-18-28(40)36-25-14-16-26(17-15-25)45-33-30(35-23(2)38)31(42)27(39)22-44-33;1-5-6(2,3)4;/h5,7-8,11-12,14-17,22,27,30-31,33,39,42H,3-4,6,9-10,13,18-21H2,1-2H3,(H,34,43)(H,35,38)(H,36,40);1H3,(H,2,3,4);/t27-,30+,31-,33+;;/m0../s1. The number of carbonyl (C=O) groups is 4. The van der Waals surface area contributed by atoms with E-state index >= 15 is 0 Å². The zero-order chi connectivity index (χ0) is 38.7. The molecule has 4 amide bonds. The predicted octanol–water partition coefficient (Wildman–Crippen LogP) is 1.53. The topological polar surface area (TPSA) is 230 Å². The Morgan fingerprint density at radius 2 is 1.58 bits per heavy atom. The zero-order valence-electron chi connectivity index (χ0n) is 30.0. The van der Waals surface area contributed by atoms with Crippen molar-refractivity contribution in [1.82, 2.24) is 15.5 Å². The number of ether oxygens (including phenoxy) is 2. The third-order valence-corrected chi connectivity index (χ3v) is 9.32. The minimum Gasteiger partial charge on any atom is -0.264 e. The Morgan fingerprint density at radius 1 is 0.923 bits per heavy atom. The van der Waals surface area contributed by atoms with Crippen molar-refractivity contribution in [2.75, 3.05) is 32.1 Å². The van der Waals surface area contributed by atoms with E-state index in [1.165, 1.54) is 6.92 Å². The molecule has 1 heterocycles. The van der Waals surface area contributed by atoms with E-state index in [1.54, 1.807) is 41.3 Å². The monoisotopic (exact) mass is 760 g/mol. The molecule has 0 radical (unpaired) electrons. The van der Waals surface area contributed by atoms with Gasteiger partial charge in [0.05, 0.1) is 7.11 Å². The van der Waals surface area contributed by atoms with E-state index in [0.29, 0.717) is 71.0 Å². The number of hydrogen-bond acceptors (Lipinski definition) is 11. The van der Waals surface area contributed by atoms with Gasteiger partial charge in [0.2, 0.25) is 5.91 Å². The maximum Gasteiger partial charge on any atom is 0.397 e. The fraction of sp³-hybridized carbons (Fsp3) is 0.529. The van der Waals surface area contributed by atoms with Crippen LogP contribution in [-0.4, -0.2) is 134 Å². The van der Waals surface area contributed by atoms with Crippen molar-refractivity contribution in [1.29, 1.82) is 0 Å². The zero-order valence-corrected chi connectivity index (χ0v) is 32.8. The van der Waals surface area contributed by atoms with Crippen LogP contribution in [0.4, 0.5) is 5.69 Å². The summed E-state index contributed by atoms with van der Waals surface area (Å²) in [5.74, 6) is -0.305. The molecule has 1 aliphatic heterocycles. The van der Waals surface area contributed by atoms with Gasteiger partial charge in [-0.2, -0.15) is 8.42 Å². The summed E-state index contributed by atoms with van der Waals surface area (Å²) in [5, 5.41) is 29.0. The van der Waals surface area contributed by atoms with Gasteiger partial charge >= 0.3 is 174 Å². The fourth-order valence-electron chi connectivity index (χ4n) is 5.07. The predicted molar refractivity (Wildman–Crippen MR) is 192 cm³/mol. The largest absolute Gasteiger partial charge is 0.397 e. The van der Waals surface area contributed by atoms with Crippen LogP contribution in [0.3, 0.4) is 0 Å². The summed E-state index contributed by atoms with van der Waals surface area (Å²) in [6, 6.07) is 14.7. The van der Waals surface area contributed by atoms with Crippen molar-refractivity contribution in [3.8, 4) is 5.75 Å². The molecule has 6 N–H and O–H groups in total. The Labute approximate surface area is 322 Å². The van der Waals surface area contributed by atoms with Crippen molar-refractivity contribution in [2.45, 2.75) is 86.7 Å². The second-order valence-corrected chi connectivity index (χ2v) is 14.4. The Morgan fingerprint density at radius 3 is 2.17 bits per heavy atom. The van der Waals surface area contributed by atoms with E-state index in [1.807, 2.05) is 25.1 Å². The van der Waals surface area contributed by atoms with Crippen molar-refractivity contribution in [2.24, 2.45) is 0 Å². The number of nitrogens with zero attached hydrogens (tertiary/aromatic N) is 1. The molecule has 1 fully saturated rings. The number of benzene rings is 2. The molecule has 5 atom stereocenters. The quantitative estimate of drug-likeness (QED) is 0.0722. The van der Waals surface area contributed by atoms with Gasteiger partial charge in [-0.25, -0.2) is 0 Å². The average Bonchev–Trinajstić information content (AvgIpc) is 3.11. The maximum absolute atomic E-state index is 12.8. The van der Waals surface area contributed by atoms with Crippen molar-refractivity contribution >= 4 is 67.6 Å². The number of unbranched alkanes of at least 4 members (excludes halogenated alkanes) is 3. The van der Waals surface area contributed by atoms with Crippen LogP contribution in [0.15, 0.2) is 54.6 Å². The SMILES string of the molecule is CCCCC(=O)N(CCCCCNC(=O)c1ccccc1)CCC(=O)Nc1ccc(O[C@H]2O[C@H]([Na])[C@H](O)[C@H](O)[C@H]2NC(C)=O)cc1.COS(=O)(=O)O. The molecule has 0 spiro atoms. The average molecular weight is 761 g/mol. The summed E-state index contributed by atoms with van der Waals surface area (Å²) in [7, 11) is -3.29. The smallest absolute Gasteiger partial charge is 0.264 e. The summed E-state index contributed by atoms with van der Waals surface area (Å²) in [4.78, 5) is 51.2. The van der Waals surface area contributed by atoms with Crippen LogP contribution < -0.4 is 20.7 Å². The van der Waals surface area contributed by atoms with Gasteiger partial charge in [0, 0.05) is 25.1 Å². The second kappa shape index (κ2) is 23.5. The third kappa shape index (κ3) is 17.1. The first-order chi connectivity index (χ1) is 24.6. The number of aliphatic hydroxyl groups excluding tert-OH is 2. The molecule has 0 unspecified atom stereocenters. The van der Waals surface area contributed by atoms with E-state index in [0.717, 1.165) is 39.2 Å². The van der Waals surface area contributed by atoms with Crippen LogP contribution >= 0.6 is 0 Å². The Kier molecular flexibility index (Phi) is 20.4. The van der Waals surface area contributed by atoms with Gasteiger partial charge in [-0.05, 0) is 37.8 Å². The normalized spacial score (nSPS) is 19.7. The van der Waals surface area contributed by atoms with Crippen molar-refractivity contribution in [3.63, 3.8) is 0 Å². The van der Waals surface area contributed by atoms with Gasteiger partial charge in [0.15, 0.2) is 0 Å². The van der Waals surface area contributed by atoms with Crippen molar-refractivity contribution < 1.29 is 56.0 Å². The van der Waals surface area contributed by atoms with Crippen LogP contribution in [0, 0.1) is 0 Å². The summed E-state index contributed by atoms with van der Waals surface area (Å²) in [5.41, 5.74) is 1.17. The summed E-state index contributed by atoms with van der Waals surface area (Å²) in [6.07, 6.45) is 1.30. The molecule has 16 nitrogen and oxygen atoms in total. The minimum atomic E-state index is -4.16. The summed E-state index contributed by atoms with van der Waals surface area (Å²) >= 11 is 0.447. The van der Waals surface area contributed by atoms with Gasteiger partial charge in [0.25, 0.3) is 5.91 Å². The molecular formula is C34H49N4NaO12S. The van der Waals surface area contributed by atoms with E-state index < -0.39 is 44.2 Å². The number of aliphatic hydroxyl groups is 2. The minimum absolute atomic E-state index is 0.0330. The van der Waals surface area contributed by atoms with E-state index in [2.05, 4.69) is 20.1 Å². The van der Waals surface area contributed by atoms with E-state index in [-0.39, 0.29) is 24.1 Å². The Bertz CT molecular complexity index is 1520. The van der Waals surface area contributed by atoms with Crippen molar-refractivity contribution in [3.05, 3.63) is 60.2 Å². The number of anilines is 1. The number of rotatable bonds is 18. The molecule has 52 heavy (non-hydrogen) atoms. The molecular weight excluding hydrogens is 711 g/mol. The molecule has 0 bridgehead atoms. The first kappa shape index (κ1) is 45.0. The molecule has 2 aromatic carbocycles. The van der Waals surface area contributed by atoms with Gasteiger partial charge in [0.1, 0.15) is 0 Å². The molecule has 0 saturated carbocycles. The third-order valence-electron chi connectivity index (χ3n) is 7.94. The van der Waals surface area contributed by atoms with Crippen LogP contribution in [0.2, 0.25) is 0 Å². The van der Waals surface area contributed by atoms with Crippen LogP contribution in [-0.2, 0) is 33.7 Å². The van der Waals surface area contributed by atoms with Gasteiger partial charge in [-0.3, -0.25) is 18.3 Å². The molecule has 0 aliphatic carbocycles. The van der Waals surface area contributed by atoms with E-state index in [9.17, 15) is 37.8 Å². The van der Waals surface area contributed by atoms with Crippen LogP contribution in [0.5, 0.6) is 5.75 Å². The molecule has 3 rings (SSSR count). The fourth-order valence-corrected chi connectivity index (χ4v) is 5.74. The Balaban J connectivity index is 0.00000143. The number of hydrogen-bond donors (Lipinski definition) is 6. The molecule has 0 aromatic heterocycles. The first-order valence-electron chi connectivity index (χ1n) is 17.1. The van der Waals surface area contributed by atoms with Crippen LogP contribution in [0.1, 0.15) is 69.2 Å². The van der Waals surface area contributed by atoms with Gasteiger partial charge in [-0.1, -0.05) is 31.5 Å². The van der Waals surface area contributed by atoms with E-state index in [4.69, 9.17) is 14.0 Å². The molecule has 1 aliphatic rings. The number of nitrogens with one attached hydrogen (secondary N) is 3. The first-order valence-corrected chi connectivity index (χ1v) is 19.7.